The first kappa shape index (κ1) is 11.4. The number of para-hydroxylation sites is 1. The van der Waals surface area contributed by atoms with Crippen molar-refractivity contribution in [3.63, 3.8) is 0 Å². The van der Waals surface area contributed by atoms with Crippen LogP contribution < -0.4 is 4.90 Å². The van der Waals surface area contributed by atoms with Gasteiger partial charge in [0.1, 0.15) is 11.7 Å². The Morgan fingerprint density at radius 2 is 1.89 bits per heavy atom. The molecule has 2 aromatic rings. The van der Waals surface area contributed by atoms with Crippen LogP contribution in [-0.4, -0.2) is 5.84 Å². The number of anilines is 1. The van der Waals surface area contributed by atoms with E-state index < -0.39 is 0 Å². The Labute approximate surface area is 113 Å². The van der Waals surface area contributed by atoms with Crippen LogP contribution in [0.15, 0.2) is 46.9 Å². The van der Waals surface area contributed by atoms with Gasteiger partial charge in [0.2, 0.25) is 0 Å². The molecule has 18 heavy (non-hydrogen) atoms. The molecule has 0 unspecified atom stereocenters. The summed E-state index contributed by atoms with van der Waals surface area (Å²) in [4.78, 5) is 1.68. The monoisotopic (exact) mass is 304 g/mol. The van der Waals surface area contributed by atoms with Gasteiger partial charge in [0.25, 0.3) is 0 Å². The Morgan fingerprint density at radius 3 is 2.61 bits per heavy atom. The normalized spacial score (nSPS) is 13.9. The molecule has 3 rings (SSSR count). The van der Waals surface area contributed by atoms with Gasteiger partial charge in [-0.3, -0.25) is 5.41 Å². The van der Waals surface area contributed by atoms with E-state index in [-0.39, 0.29) is 5.82 Å². The van der Waals surface area contributed by atoms with Gasteiger partial charge in [-0.2, -0.15) is 0 Å². The maximum Gasteiger partial charge on any atom is 0.148 e. The van der Waals surface area contributed by atoms with Gasteiger partial charge in [-0.25, -0.2) is 4.39 Å². The standard InChI is InChI=1S/C14H10BrFN2/c15-11-6-3-7-12(16)13(11)18-8-9-4-1-2-5-10(9)14(18)17/h1-7,17H,8H2. The fourth-order valence-corrected chi connectivity index (χ4v) is 2.78. The first-order valence-electron chi connectivity index (χ1n) is 5.57. The number of hydrogen-bond donors (Lipinski definition) is 1. The van der Waals surface area contributed by atoms with Crippen LogP contribution in [0.1, 0.15) is 11.1 Å². The number of halogens is 2. The summed E-state index contributed by atoms with van der Waals surface area (Å²) in [5.41, 5.74) is 2.35. The van der Waals surface area contributed by atoms with Crippen molar-refractivity contribution in [2.24, 2.45) is 0 Å². The van der Waals surface area contributed by atoms with Gasteiger partial charge in [0.05, 0.1) is 12.2 Å². The SMILES string of the molecule is N=C1c2ccccc2CN1c1c(F)cccc1Br. The van der Waals surface area contributed by atoms with Crippen LogP contribution in [0.4, 0.5) is 10.1 Å². The molecule has 0 amide bonds. The van der Waals surface area contributed by atoms with Gasteiger partial charge < -0.3 is 4.90 Å². The molecule has 0 bridgehead atoms. The molecule has 0 radical (unpaired) electrons. The molecule has 0 saturated heterocycles. The van der Waals surface area contributed by atoms with E-state index in [4.69, 9.17) is 5.41 Å². The Balaban J connectivity index is 2.10. The second-order valence-electron chi connectivity index (χ2n) is 4.16. The summed E-state index contributed by atoms with van der Waals surface area (Å²) in [6.07, 6.45) is 0. The Kier molecular flexibility index (Phi) is 2.67. The molecule has 0 aromatic heterocycles. The molecule has 0 atom stereocenters. The molecule has 90 valence electrons. The zero-order valence-corrected chi connectivity index (χ0v) is 11.0. The highest BCUT2D eigenvalue weighted by atomic mass is 79.9. The highest BCUT2D eigenvalue weighted by Crippen LogP contribution is 2.35. The number of nitrogens with zero attached hydrogens (tertiary/aromatic N) is 1. The van der Waals surface area contributed by atoms with Crippen LogP contribution in [0.2, 0.25) is 0 Å². The van der Waals surface area contributed by atoms with E-state index in [1.807, 2.05) is 24.3 Å². The van der Waals surface area contributed by atoms with Gasteiger partial charge in [-0.05, 0) is 33.6 Å². The second kappa shape index (κ2) is 4.21. The van der Waals surface area contributed by atoms with Crippen LogP contribution in [0.25, 0.3) is 0 Å². The van der Waals surface area contributed by atoms with Crippen molar-refractivity contribution in [3.8, 4) is 0 Å². The van der Waals surface area contributed by atoms with Crippen molar-refractivity contribution in [2.45, 2.75) is 6.54 Å². The number of rotatable bonds is 1. The van der Waals surface area contributed by atoms with Crippen molar-refractivity contribution >= 4 is 27.5 Å². The lowest BCUT2D eigenvalue weighted by atomic mass is 10.1. The summed E-state index contributed by atoms with van der Waals surface area (Å²) in [6.45, 7) is 0.536. The van der Waals surface area contributed by atoms with Crippen molar-refractivity contribution in [2.75, 3.05) is 4.90 Å². The van der Waals surface area contributed by atoms with Gasteiger partial charge in [-0.15, -0.1) is 0 Å². The highest BCUT2D eigenvalue weighted by molar-refractivity contribution is 9.10. The molecule has 0 aliphatic carbocycles. The van der Waals surface area contributed by atoms with Gasteiger partial charge in [-0.1, -0.05) is 30.3 Å². The van der Waals surface area contributed by atoms with Gasteiger partial charge in [0.15, 0.2) is 0 Å². The number of hydrogen-bond acceptors (Lipinski definition) is 1. The summed E-state index contributed by atoms with van der Waals surface area (Å²) in [7, 11) is 0. The van der Waals surface area contributed by atoms with E-state index in [0.29, 0.717) is 22.5 Å². The minimum atomic E-state index is -0.318. The van der Waals surface area contributed by atoms with Crippen LogP contribution in [0.5, 0.6) is 0 Å². The van der Waals surface area contributed by atoms with Crippen molar-refractivity contribution < 1.29 is 4.39 Å². The molecule has 1 N–H and O–H groups in total. The minimum absolute atomic E-state index is 0.318. The van der Waals surface area contributed by atoms with Crippen molar-refractivity contribution in [1.82, 2.24) is 0 Å². The Bertz CT molecular complexity index is 619. The number of benzene rings is 2. The largest absolute Gasteiger partial charge is 0.318 e. The lowest BCUT2D eigenvalue weighted by Crippen LogP contribution is -2.24. The van der Waals surface area contributed by atoms with Gasteiger partial charge in [0, 0.05) is 10.0 Å². The fourth-order valence-electron chi connectivity index (χ4n) is 2.22. The highest BCUT2D eigenvalue weighted by Gasteiger charge is 2.27. The fraction of sp³-hybridized carbons (Fsp3) is 0.0714. The predicted octanol–water partition coefficient (Wildman–Crippen LogP) is 3.93. The maximum atomic E-state index is 13.9. The van der Waals surface area contributed by atoms with E-state index in [2.05, 4.69) is 15.9 Å². The molecule has 0 spiro atoms. The van der Waals surface area contributed by atoms with Gasteiger partial charge >= 0.3 is 0 Å². The zero-order valence-electron chi connectivity index (χ0n) is 9.45. The molecular formula is C14H10BrFN2. The van der Waals surface area contributed by atoms with Crippen molar-refractivity contribution in [3.05, 3.63) is 63.9 Å². The molecule has 4 heteroatoms. The average molecular weight is 305 g/mol. The Hall–Kier alpha value is -1.68. The Morgan fingerprint density at radius 1 is 1.11 bits per heavy atom. The van der Waals surface area contributed by atoms with Crippen molar-refractivity contribution in [1.29, 1.82) is 5.41 Å². The zero-order chi connectivity index (χ0) is 12.7. The van der Waals surface area contributed by atoms with E-state index in [1.54, 1.807) is 17.0 Å². The van der Waals surface area contributed by atoms with Crippen LogP contribution in [0, 0.1) is 11.2 Å². The van der Waals surface area contributed by atoms with Crippen LogP contribution in [0.3, 0.4) is 0 Å². The first-order chi connectivity index (χ1) is 8.68. The third-order valence-corrected chi connectivity index (χ3v) is 3.72. The van der Waals surface area contributed by atoms with E-state index >= 15 is 0 Å². The summed E-state index contributed by atoms with van der Waals surface area (Å²) in [5.74, 6) is 0.0262. The van der Waals surface area contributed by atoms with E-state index in [9.17, 15) is 4.39 Å². The molecule has 0 fully saturated rings. The summed E-state index contributed by atoms with van der Waals surface area (Å²) in [6, 6.07) is 12.5. The summed E-state index contributed by atoms with van der Waals surface area (Å²) in [5, 5.41) is 8.16. The smallest absolute Gasteiger partial charge is 0.148 e. The summed E-state index contributed by atoms with van der Waals surface area (Å²) < 4.78 is 14.6. The molecule has 1 aliphatic rings. The van der Waals surface area contributed by atoms with Crippen LogP contribution >= 0.6 is 15.9 Å². The lowest BCUT2D eigenvalue weighted by molar-refractivity contribution is 0.625. The van der Waals surface area contributed by atoms with E-state index in [1.165, 1.54) is 6.07 Å². The maximum absolute atomic E-state index is 13.9. The molecule has 2 nitrogen and oxygen atoms in total. The molecule has 2 aromatic carbocycles. The molecule has 0 saturated carbocycles. The molecular weight excluding hydrogens is 295 g/mol. The first-order valence-corrected chi connectivity index (χ1v) is 6.36. The third-order valence-electron chi connectivity index (χ3n) is 3.08. The number of fused-ring (bicyclic) bond motifs is 1. The number of amidine groups is 1. The topological polar surface area (TPSA) is 27.1 Å². The average Bonchev–Trinajstić information content (AvgIpc) is 2.68. The minimum Gasteiger partial charge on any atom is -0.318 e. The number of nitrogens with one attached hydrogen (secondary N) is 1. The molecule has 1 heterocycles. The third kappa shape index (κ3) is 1.64. The van der Waals surface area contributed by atoms with Crippen LogP contribution in [-0.2, 0) is 6.54 Å². The molecule has 1 aliphatic heterocycles. The second-order valence-corrected chi connectivity index (χ2v) is 5.02. The predicted molar refractivity (Wildman–Crippen MR) is 73.6 cm³/mol. The summed E-state index contributed by atoms with van der Waals surface area (Å²) >= 11 is 3.35. The van der Waals surface area contributed by atoms with E-state index in [0.717, 1.165) is 11.1 Å². The quantitative estimate of drug-likeness (QED) is 0.849. The lowest BCUT2D eigenvalue weighted by Gasteiger charge is -2.20.